The summed E-state index contributed by atoms with van der Waals surface area (Å²) >= 11 is 3.38. The Kier molecular flexibility index (Phi) is 5.85. The third-order valence-electron chi connectivity index (χ3n) is 3.99. The number of aromatic nitrogens is 2. The molecule has 1 heterocycles. The number of hydrogen-bond acceptors (Lipinski definition) is 3. The first-order valence-corrected chi connectivity index (χ1v) is 9.12. The van der Waals surface area contributed by atoms with Crippen LogP contribution in [0, 0.1) is 0 Å². The van der Waals surface area contributed by atoms with Gasteiger partial charge in [0.1, 0.15) is 0 Å². The van der Waals surface area contributed by atoms with E-state index in [2.05, 4.69) is 43.4 Å². The van der Waals surface area contributed by atoms with Gasteiger partial charge in [0.2, 0.25) is 0 Å². The summed E-state index contributed by atoms with van der Waals surface area (Å²) in [5, 5.41) is 7.24. The second-order valence-electron chi connectivity index (χ2n) is 6.34. The highest BCUT2D eigenvalue weighted by molar-refractivity contribution is 9.10. The van der Waals surface area contributed by atoms with Crippen LogP contribution in [0.3, 0.4) is 0 Å². The summed E-state index contributed by atoms with van der Waals surface area (Å²) in [5.41, 5.74) is 3.89. The fraction of sp³-hybridized carbons (Fsp3) is 0.200. The van der Waals surface area contributed by atoms with Gasteiger partial charge in [-0.1, -0.05) is 24.3 Å². The zero-order valence-electron chi connectivity index (χ0n) is 14.8. The predicted octanol–water partition coefficient (Wildman–Crippen LogP) is 3.63. The number of nitrogens with one attached hydrogen (secondary N) is 1. The lowest BCUT2D eigenvalue weighted by atomic mass is 10.1. The molecule has 26 heavy (non-hydrogen) atoms. The Balaban J connectivity index is 1.65. The molecule has 0 radical (unpaired) electrons. The molecule has 0 aliphatic carbocycles. The minimum absolute atomic E-state index is 0.0853. The van der Waals surface area contributed by atoms with Crippen LogP contribution in [0.5, 0.6) is 0 Å². The highest BCUT2D eigenvalue weighted by Gasteiger charge is 2.08. The topological polar surface area (TPSA) is 50.2 Å². The van der Waals surface area contributed by atoms with Gasteiger partial charge in [-0.25, -0.2) is 4.68 Å². The molecule has 0 aliphatic rings. The molecule has 0 saturated carbocycles. The molecule has 3 aromatic rings. The van der Waals surface area contributed by atoms with Crippen LogP contribution in [0.15, 0.2) is 65.4 Å². The molecular formula is C20H21BrN4O. The number of halogens is 1. The first kappa shape index (κ1) is 18.4. The minimum Gasteiger partial charge on any atom is -0.348 e. The Morgan fingerprint density at radius 1 is 1.12 bits per heavy atom. The van der Waals surface area contributed by atoms with Crippen LogP contribution < -0.4 is 5.32 Å². The van der Waals surface area contributed by atoms with E-state index in [1.54, 1.807) is 10.9 Å². The lowest BCUT2D eigenvalue weighted by molar-refractivity contribution is 0.0951. The van der Waals surface area contributed by atoms with Crippen molar-refractivity contribution in [1.82, 2.24) is 20.0 Å². The van der Waals surface area contributed by atoms with Crippen molar-refractivity contribution in [2.75, 3.05) is 14.1 Å². The lowest BCUT2D eigenvalue weighted by Crippen LogP contribution is -2.24. The molecule has 6 heteroatoms. The Morgan fingerprint density at radius 2 is 1.81 bits per heavy atom. The zero-order chi connectivity index (χ0) is 18.5. The highest BCUT2D eigenvalue weighted by atomic mass is 79.9. The molecule has 1 amide bonds. The number of rotatable bonds is 6. The second kappa shape index (κ2) is 8.29. The molecule has 0 fully saturated rings. The maximum absolute atomic E-state index is 12.5. The van der Waals surface area contributed by atoms with Crippen LogP contribution in [0.1, 0.15) is 21.5 Å². The number of amides is 1. The van der Waals surface area contributed by atoms with Gasteiger partial charge >= 0.3 is 0 Å². The maximum Gasteiger partial charge on any atom is 0.251 e. The zero-order valence-corrected chi connectivity index (χ0v) is 16.4. The molecule has 3 rings (SSSR count). The molecule has 0 aliphatic heterocycles. The molecule has 0 unspecified atom stereocenters. The monoisotopic (exact) mass is 412 g/mol. The van der Waals surface area contributed by atoms with E-state index in [1.807, 2.05) is 56.7 Å². The first-order valence-electron chi connectivity index (χ1n) is 8.33. The van der Waals surface area contributed by atoms with Crippen LogP contribution in [-0.4, -0.2) is 34.7 Å². The van der Waals surface area contributed by atoms with E-state index >= 15 is 0 Å². The largest absolute Gasteiger partial charge is 0.348 e. The van der Waals surface area contributed by atoms with E-state index in [9.17, 15) is 4.79 Å². The van der Waals surface area contributed by atoms with Gasteiger partial charge in [0, 0.05) is 24.8 Å². The van der Waals surface area contributed by atoms with Gasteiger partial charge in [0.25, 0.3) is 5.91 Å². The Labute approximate surface area is 161 Å². The SMILES string of the molecule is CN(C)Cc1ccccc1CNC(=O)c1ccc(-n2cc(Br)cn2)cc1. The number of carbonyl (C=O) groups is 1. The number of carbonyl (C=O) groups excluding carboxylic acids is 1. The summed E-state index contributed by atoms with van der Waals surface area (Å²) in [7, 11) is 4.07. The smallest absolute Gasteiger partial charge is 0.251 e. The lowest BCUT2D eigenvalue weighted by Gasteiger charge is -2.14. The minimum atomic E-state index is -0.0853. The Hall–Kier alpha value is -2.44. The molecule has 5 nitrogen and oxygen atoms in total. The van der Waals surface area contributed by atoms with Gasteiger partial charge in [0.05, 0.1) is 16.4 Å². The summed E-state index contributed by atoms with van der Waals surface area (Å²) in [5.74, 6) is -0.0853. The van der Waals surface area contributed by atoms with Crippen molar-refractivity contribution in [3.05, 3.63) is 82.1 Å². The predicted molar refractivity (Wildman–Crippen MR) is 106 cm³/mol. The normalized spacial score (nSPS) is 10.9. The van der Waals surface area contributed by atoms with Crippen LogP contribution in [0.25, 0.3) is 5.69 Å². The molecule has 2 aromatic carbocycles. The summed E-state index contributed by atoms with van der Waals surface area (Å²) in [6.07, 6.45) is 3.60. The Bertz CT molecular complexity index is 887. The van der Waals surface area contributed by atoms with Crippen LogP contribution in [-0.2, 0) is 13.1 Å². The summed E-state index contributed by atoms with van der Waals surface area (Å²) in [4.78, 5) is 14.6. The van der Waals surface area contributed by atoms with E-state index in [-0.39, 0.29) is 5.91 Å². The summed E-state index contributed by atoms with van der Waals surface area (Å²) in [6, 6.07) is 15.6. The molecule has 0 saturated heterocycles. The van der Waals surface area contributed by atoms with Gasteiger partial charge in [-0.2, -0.15) is 5.10 Å². The number of nitrogens with zero attached hydrogens (tertiary/aromatic N) is 3. The average Bonchev–Trinajstić information content (AvgIpc) is 3.07. The van der Waals surface area contributed by atoms with E-state index in [4.69, 9.17) is 0 Å². The quantitative estimate of drug-likeness (QED) is 0.672. The third-order valence-corrected chi connectivity index (χ3v) is 4.40. The van der Waals surface area contributed by atoms with Crippen molar-refractivity contribution in [2.45, 2.75) is 13.1 Å². The summed E-state index contributed by atoms with van der Waals surface area (Å²) in [6.45, 7) is 1.36. The second-order valence-corrected chi connectivity index (χ2v) is 7.25. The van der Waals surface area contributed by atoms with Crippen molar-refractivity contribution >= 4 is 21.8 Å². The van der Waals surface area contributed by atoms with Gasteiger partial charge in [-0.05, 0) is 65.4 Å². The van der Waals surface area contributed by atoms with Crippen molar-refractivity contribution < 1.29 is 4.79 Å². The molecule has 0 atom stereocenters. The highest BCUT2D eigenvalue weighted by Crippen LogP contribution is 2.14. The van der Waals surface area contributed by atoms with Crippen LogP contribution in [0.2, 0.25) is 0 Å². The summed E-state index contributed by atoms with van der Waals surface area (Å²) < 4.78 is 2.67. The van der Waals surface area contributed by atoms with Crippen molar-refractivity contribution in [3.63, 3.8) is 0 Å². The third kappa shape index (κ3) is 4.59. The average molecular weight is 413 g/mol. The maximum atomic E-state index is 12.5. The molecule has 0 bridgehead atoms. The molecule has 134 valence electrons. The van der Waals surface area contributed by atoms with E-state index < -0.39 is 0 Å². The van der Waals surface area contributed by atoms with E-state index in [1.165, 1.54) is 5.56 Å². The van der Waals surface area contributed by atoms with Gasteiger partial charge < -0.3 is 10.2 Å². The Morgan fingerprint density at radius 3 is 2.42 bits per heavy atom. The standard InChI is InChI=1S/C20H21BrN4O/c1-24(2)13-17-6-4-3-5-16(17)11-22-20(26)15-7-9-19(10-8-15)25-14-18(21)12-23-25/h3-10,12,14H,11,13H2,1-2H3,(H,22,26). The molecule has 1 N–H and O–H groups in total. The molecular weight excluding hydrogens is 392 g/mol. The van der Waals surface area contributed by atoms with Gasteiger partial charge in [-0.15, -0.1) is 0 Å². The number of benzene rings is 2. The fourth-order valence-electron chi connectivity index (χ4n) is 2.71. The van der Waals surface area contributed by atoms with Crippen molar-refractivity contribution in [3.8, 4) is 5.69 Å². The van der Waals surface area contributed by atoms with Crippen molar-refractivity contribution in [1.29, 1.82) is 0 Å². The number of hydrogen-bond donors (Lipinski definition) is 1. The van der Waals surface area contributed by atoms with Crippen molar-refractivity contribution in [2.24, 2.45) is 0 Å². The van der Waals surface area contributed by atoms with Crippen LogP contribution >= 0.6 is 15.9 Å². The van der Waals surface area contributed by atoms with E-state index in [0.717, 1.165) is 22.3 Å². The van der Waals surface area contributed by atoms with Gasteiger partial charge in [0.15, 0.2) is 0 Å². The fourth-order valence-corrected chi connectivity index (χ4v) is 3.00. The first-order chi connectivity index (χ1) is 12.5. The van der Waals surface area contributed by atoms with Crippen LogP contribution in [0.4, 0.5) is 0 Å². The molecule has 0 spiro atoms. The van der Waals surface area contributed by atoms with Gasteiger partial charge in [-0.3, -0.25) is 4.79 Å². The molecule has 1 aromatic heterocycles. The van der Waals surface area contributed by atoms with E-state index in [0.29, 0.717) is 12.1 Å².